The monoisotopic (exact) mass is 253 g/mol. The lowest BCUT2D eigenvalue weighted by Gasteiger charge is -2.14. The maximum absolute atomic E-state index is 12.0. The first-order chi connectivity index (χ1) is 8.63. The number of benzene rings is 1. The number of hydrogen-bond donors (Lipinski definition) is 2. The number of carbonyl (C=O) groups excluding carboxylic acids is 1. The Morgan fingerprint density at radius 3 is 2.33 bits per heavy atom. The first-order valence-corrected chi connectivity index (χ1v) is 5.81. The summed E-state index contributed by atoms with van der Waals surface area (Å²) in [6.45, 7) is 2.05. The number of hydrogen-bond acceptors (Lipinski definition) is 4. The van der Waals surface area contributed by atoms with Gasteiger partial charge in [0.25, 0.3) is 5.91 Å². The molecule has 0 heterocycles. The quantitative estimate of drug-likeness (QED) is 0.799. The molecule has 0 radical (unpaired) electrons. The van der Waals surface area contributed by atoms with Crippen LogP contribution in [0.3, 0.4) is 0 Å². The lowest BCUT2D eigenvalue weighted by Crippen LogP contribution is -2.32. The summed E-state index contributed by atoms with van der Waals surface area (Å²) < 4.78 is 10.3. The van der Waals surface area contributed by atoms with Gasteiger partial charge in [0.1, 0.15) is 17.1 Å². The number of nitrogens with one attached hydrogen (secondary N) is 1. The summed E-state index contributed by atoms with van der Waals surface area (Å²) in [6, 6.07) is 5.12. The zero-order valence-electron chi connectivity index (χ0n) is 10.9. The molecule has 0 bridgehead atoms. The van der Waals surface area contributed by atoms with Gasteiger partial charge in [-0.15, -0.1) is 0 Å². The molecule has 18 heavy (non-hydrogen) atoms. The van der Waals surface area contributed by atoms with Gasteiger partial charge >= 0.3 is 0 Å². The van der Waals surface area contributed by atoms with E-state index in [0.717, 1.165) is 0 Å². The van der Waals surface area contributed by atoms with Crippen molar-refractivity contribution in [3.8, 4) is 11.5 Å². The minimum absolute atomic E-state index is 0.205. The third kappa shape index (κ3) is 3.37. The van der Waals surface area contributed by atoms with Crippen molar-refractivity contribution >= 4 is 5.91 Å². The molecule has 0 fully saturated rings. The normalized spacial score (nSPS) is 11.8. The zero-order chi connectivity index (χ0) is 13.5. The highest BCUT2D eigenvalue weighted by Gasteiger charge is 2.18. The SMILES string of the molecule is CCC(O)CNC(=O)c1c(OC)cccc1OC. The summed E-state index contributed by atoms with van der Waals surface area (Å²) in [5.41, 5.74) is 0.339. The maximum atomic E-state index is 12.0. The number of ether oxygens (including phenoxy) is 2. The van der Waals surface area contributed by atoms with Crippen molar-refractivity contribution in [3.05, 3.63) is 23.8 Å². The molecule has 5 heteroatoms. The summed E-state index contributed by atoms with van der Waals surface area (Å²) in [6.07, 6.45) is 0.0400. The van der Waals surface area contributed by atoms with E-state index in [4.69, 9.17) is 9.47 Å². The van der Waals surface area contributed by atoms with Crippen LogP contribution in [0, 0.1) is 0 Å². The maximum Gasteiger partial charge on any atom is 0.258 e. The Bertz CT molecular complexity index is 384. The fraction of sp³-hybridized carbons (Fsp3) is 0.462. The van der Waals surface area contributed by atoms with Crippen LogP contribution in [0.15, 0.2) is 18.2 Å². The largest absolute Gasteiger partial charge is 0.496 e. The Kier molecular flexibility index (Phi) is 5.45. The van der Waals surface area contributed by atoms with Gasteiger partial charge in [-0.05, 0) is 18.6 Å². The number of aliphatic hydroxyl groups excluding tert-OH is 1. The molecular weight excluding hydrogens is 234 g/mol. The molecule has 0 aromatic heterocycles. The molecule has 0 aliphatic carbocycles. The van der Waals surface area contributed by atoms with Crippen LogP contribution in [-0.4, -0.2) is 37.9 Å². The molecule has 1 aromatic rings. The number of rotatable bonds is 6. The standard InChI is InChI=1S/C13H19NO4/c1-4-9(15)8-14-13(16)12-10(17-2)6-5-7-11(12)18-3/h5-7,9,15H,4,8H2,1-3H3,(H,14,16). The molecule has 0 saturated carbocycles. The van der Waals surface area contributed by atoms with E-state index in [1.54, 1.807) is 18.2 Å². The van der Waals surface area contributed by atoms with E-state index >= 15 is 0 Å². The molecule has 1 amide bonds. The summed E-state index contributed by atoms with van der Waals surface area (Å²) in [5, 5.41) is 12.1. The second-order valence-corrected chi connectivity index (χ2v) is 3.81. The topological polar surface area (TPSA) is 67.8 Å². The third-order valence-corrected chi connectivity index (χ3v) is 2.62. The van der Waals surface area contributed by atoms with Crippen LogP contribution in [0.2, 0.25) is 0 Å². The molecule has 1 rings (SSSR count). The smallest absolute Gasteiger partial charge is 0.258 e. The van der Waals surface area contributed by atoms with E-state index in [0.29, 0.717) is 23.5 Å². The molecule has 5 nitrogen and oxygen atoms in total. The molecule has 0 aliphatic heterocycles. The van der Waals surface area contributed by atoms with Crippen molar-refractivity contribution in [2.45, 2.75) is 19.4 Å². The second kappa shape index (κ2) is 6.86. The minimum Gasteiger partial charge on any atom is -0.496 e. The highest BCUT2D eigenvalue weighted by molar-refractivity contribution is 5.99. The predicted octanol–water partition coefficient (Wildman–Crippen LogP) is 1.20. The predicted molar refractivity (Wildman–Crippen MR) is 68.2 cm³/mol. The van der Waals surface area contributed by atoms with E-state index in [-0.39, 0.29) is 12.5 Å². The average Bonchev–Trinajstić information content (AvgIpc) is 2.43. The van der Waals surface area contributed by atoms with Crippen LogP contribution >= 0.6 is 0 Å². The Balaban J connectivity index is 2.89. The summed E-state index contributed by atoms with van der Waals surface area (Å²) in [5.74, 6) is 0.562. The number of carbonyl (C=O) groups is 1. The van der Waals surface area contributed by atoms with Crippen molar-refractivity contribution in [2.75, 3.05) is 20.8 Å². The highest BCUT2D eigenvalue weighted by atomic mass is 16.5. The third-order valence-electron chi connectivity index (χ3n) is 2.62. The summed E-state index contributed by atoms with van der Waals surface area (Å²) in [7, 11) is 2.99. The fourth-order valence-electron chi connectivity index (χ4n) is 1.52. The lowest BCUT2D eigenvalue weighted by atomic mass is 10.1. The summed E-state index contributed by atoms with van der Waals surface area (Å²) in [4.78, 5) is 12.0. The Hall–Kier alpha value is -1.75. The van der Waals surface area contributed by atoms with Crippen LogP contribution in [0.1, 0.15) is 23.7 Å². The number of amides is 1. The van der Waals surface area contributed by atoms with Gasteiger partial charge in [-0.2, -0.15) is 0 Å². The van der Waals surface area contributed by atoms with Crippen LogP contribution in [0.25, 0.3) is 0 Å². The van der Waals surface area contributed by atoms with Gasteiger partial charge in [0, 0.05) is 6.54 Å². The molecule has 0 aliphatic rings. The lowest BCUT2D eigenvalue weighted by molar-refractivity contribution is 0.0907. The van der Waals surface area contributed by atoms with E-state index in [1.807, 2.05) is 6.92 Å². The Morgan fingerprint density at radius 2 is 1.89 bits per heavy atom. The van der Waals surface area contributed by atoms with Gasteiger partial charge in [0.15, 0.2) is 0 Å². The van der Waals surface area contributed by atoms with Gasteiger partial charge in [-0.25, -0.2) is 0 Å². The molecule has 1 unspecified atom stereocenters. The first-order valence-electron chi connectivity index (χ1n) is 5.81. The molecule has 0 spiro atoms. The van der Waals surface area contributed by atoms with E-state index in [9.17, 15) is 9.90 Å². The van der Waals surface area contributed by atoms with Crippen LogP contribution < -0.4 is 14.8 Å². The summed E-state index contributed by atoms with van der Waals surface area (Å²) >= 11 is 0. The Morgan fingerprint density at radius 1 is 1.33 bits per heavy atom. The molecule has 100 valence electrons. The molecule has 1 atom stereocenters. The van der Waals surface area contributed by atoms with Crippen molar-refractivity contribution in [1.29, 1.82) is 0 Å². The van der Waals surface area contributed by atoms with Crippen LogP contribution in [0.4, 0.5) is 0 Å². The van der Waals surface area contributed by atoms with Gasteiger partial charge in [0.05, 0.1) is 20.3 Å². The second-order valence-electron chi connectivity index (χ2n) is 3.81. The molecule has 0 saturated heterocycles. The van der Waals surface area contributed by atoms with Gasteiger partial charge in [0.2, 0.25) is 0 Å². The first kappa shape index (κ1) is 14.3. The zero-order valence-corrected chi connectivity index (χ0v) is 10.9. The molecule has 2 N–H and O–H groups in total. The van der Waals surface area contributed by atoms with Crippen molar-refractivity contribution in [2.24, 2.45) is 0 Å². The minimum atomic E-state index is -0.547. The van der Waals surface area contributed by atoms with Gasteiger partial charge < -0.3 is 19.9 Å². The highest BCUT2D eigenvalue weighted by Crippen LogP contribution is 2.27. The van der Waals surface area contributed by atoms with E-state index < -0.39 is 6.10 Å². The van der Waals surface area contributed by atoms with Crippen LogP contribution in [-0.2, 0) is 0 Å². The number of methoxy groups -OCH3 is 2. The molecular formula is C13H19NO4. The molecule has 1 aromatic carbocycles. The van der Waals surface area contributed by atoms with Crippen molar-refractivity contribution in [3.63, 3.8) is 0 Å². The van der Waals surface area contributed by atoms with Gasteiger partial charge in [-0.1, -0.05) is 13.0 Å². The van der Waals surface area contributed by atoms with Crippen LogP contribution in [0.5, 0.6) is 11.5 Å². The number of aliphatic hydroxyl groups is 1. The van der Waals surface area contributed by atoms with E-state index in [1.165, 1.54) is 14.2 Å². The average molecular weight is 253 g/mol. The van der Waals surface area contributed by atoms with Gasteiger partial charge in [-0.3, -0.25) is 4.79 Å². The Labute approximate surface area is 107 Å². The fourth-order valence-corrected chi connectivity index (χ4v) is 1.52. The van der Waals surface area contributed by atoms with E-state index in [2.05, 4.69) is 5.32 Å². The van der Waals surface area contributed by atoms with Crippen molar-refractivity contribution in [1.82, 2.24) is 5.32 Å². The van der Waals surface area contributed by atoms with Crippen molar-refractivity contribution < 1.29 is 19.4 Å².